The van der Waals surface area contributed by atoms with E-state index in [4.69, 9.17) is 17.3 Å². The monoisotopic (exact) mass is 371 g/mol. The SMILES string of the molecule is NC1CCC(C(=O)N2CCN(S(=O)(=O)c3cccc(Cl)c3)CC2)C1. The number of amides is 1. The zero-order valence-electron chi connectivity index (χ0n) is 13.4. The third kappa shape index (κ3) is 3.59. The third-order valence-corrected chi connectivity index (χ3v) is 6.94. The number of benzene rings is 1. The van der Waals surface area contributed by atoms with Crippen LogP contribution < -0.4 is 5.73 Å². The predicted octanol–water partition coefficient (Wildman–Crippen LogP) is 1.30. The summed E-state index contributed by atoms with van der Waals surface area (Å²) < 4.78 is 26.7. The average Bonchev–Trinajstić information content (AvgIpc) is 3.01. The van der Waals surface area contributed by atoms with Crippen LogP contribution in [-0.2, 0) is 14.8 Å². The summed E-state index contributed by atoms with van der Waals surface area (Å²) in [5.41, 5.74) is 5.88. The van der Waals surface area contributed by atoms with Gasteiger partial charge in [-0.15, -0.1) is 0 Å². The number of carbonyl (C=O) groups excluding carboxylic acids is 1. The average molecular weight is 372 g/mol. The molecule has 1 amide bonds. The molecule has 1 aliphatic heterocycles. The van der Waals surface area contributed by atoms with Crippen LogP contribution in [0, 0.1) is 5.92 Å². The first-order valence-corrected chi connectivity index (χ1v) is 10.00. The van der Waals surface area contributed by atoms with Gasteiger partial charge in [0, 0.05) is 43.2 Å². The highest BCUT2D eigenvalue weighted by Crippen LogP contribution is 2.27. The molecule has 0 spiro atoms. The lowest BCUT2D eigenvalue weighted by molar-refractivity contribution is -0.136. The maximum Gasteiger partial charge on any atom is 0.243 e. The molecule has 1 heterocycles. The normalized spacial score (nSPS) is 25.8. The highest BCUT2D eigenvalue weighted by atomic mass is 35.5. The Bertz CT molecular complexity index is 717. The topological polar surface area (TPSA) is 83.7 Å². The summed E-state index contributed by atoms with van der Waals surface area (Å²) in [5, 5.41) is 0.391. The van der Waals surface area contributed by atoms with E-state index in [0.717, 1.165) is 19.3 Å². The minimum Gasteiger partial charge on any atom is -0.340 e. The maximum absolute atomic E-state index is 12.7. The molecule has 2 N–H and O–H groups in total. The first kappa shape index (κ1) is 17.7. The van der Waals surface area contributed by atoms with Crippen LogP contribution in [0.15, 0.2) is 29.2 Å². The minimum atomic E-state index is -3.57. The van der Waals surface area contributed by atoms with E-state index in [9.17, 15) is 13.2 Å². The summed E-state index contributed by atoms with van der Waals surface area (Å²) in [7, 11) is -3.57. The fraction of sp³-hybridized carbons (Fsp3) is 0.562. The molecule has 2 fully saturated rings. The first-order chi connectivity index (χ1) is 11.4. The molecule has 2 aliphatic rings. The summed E-state index contributed by atoms with van der Waals surface area (Å²) in [6, 6.07) is 6.37. The van der Waals surface area contributed by atoms with Crippen LogP contribution in [-0.4, -0.2) is 55.8 Å². The number of halogens is 1. The number of hydrogen-bond acceptors (Lipinski definition) is 4. The van der Waals surface area contributed by atoms with Crippen LogP contribution in [0.25, 0.3) is 0 Å². The number of piperazine rings is 1. The Hall–Kier alpha value is -1.15. The molecule has 24 heavy (non-hydrogen) atoms. The Morgan fingerprint density at radius 2 is 1.88 bits per heavy atom. The van der Waals surface area contributed by atoms with E-state index in [1.165, 1.54) is 10.4 Å². The zero-order chi connectivity index (χ0) is 17.3. The van der Waals surface area contributed by atoms with Crippen molar-refractivity contribution >= 4 is 27.5 Å². The van der Waals surface area contributed by atoms with E-state index >= 15 is 0 Å². The standard InChI is InChI=1S/C16H22ClN3O3S/c17-13-2-1-3-15(11-13)24(22,23)20-8-6-19(7-9-20)16(21)12-4-5-14(18)10-12/h1-3,11-12,14H,4-10,18H2. The van der Waals surface area contributed by atoms with Crippen LogP contribution in [0.3, 0.4) is 0 Å². The van der Waals surface area contributed by atoms with Gasteiger partial charge in [0.1, 0.15) is 0 Å². The van der Waals surface area contributed by atoms with Crippen molar-refractivity contribution < 1.29 is 13.2 Å². The molecule has 1 saturated carbocycles. The second-order valence-corrected chi connectivity index (χ2v) is 8.83. The molecule has 3 rings (SSSR count). The Kier molecular flexibility index (Phi) is 5.15. The van der Waals surface area contributed by atoms with Crippen molar-refractivity contribution in [3.05, 3.63) is 29.3 Å². The quantitative estimate of drug-likeness (QED) is 0.868. The van der Waals surface area contributed by atoms with Crippen molar-refractivity contribution in [3.8, 4) is 0 Å². The van der Waals surface area contributed by atoms with Gasteiger partial charge >= 0.3 is 0 Å². The zero-order valence-corrected chi connectivity index (χ0v) is 15.0. The fourth-order valence-electron chi connectivity index (χ4n) is 3.42. The Morgan fingerprint density at radius 1 is 1.17 bits per heavy atom. The number of hydrogen-bond donors (Lipinski definition) is 1. The minimum absolute atomic E-state index is 0.00362. The van der Waals surface area contributed by atoms with Crippen molar-refractivity contribution in [2.24, 2.45) is 11.7 Å². The summed E-state index contributed by atoms with van der Waals surface area (Å²) in [6.45, 7) is 1.45. The maximum atomic E-state index is 12.7. The van der Waals surface area contributed by atoms with Gasteiger partial charge in [-0.05, 0) is 37.5 Å². The molecule has 0 aromatic heterocycles. The molecule has 8 heteroatoms. The number of rotatable bonds is 3. The Morgan fingerprint density at radius 3 is 2.46 bits per heavy atom. The number of nitrogens with two attached hydrogens (primary N) is 1. The highest BCUT2D eigenvalue weighted by Gasteiger charge is 2.35. The van der Waals surface area contributed by atoms with Crippen molar-refractivity contribution in [3.63, 3.8) is 0 Å². The van der Waals surface area contributed by atoms with Gasteiger partial charge < -0.3 is 10.6 Å². The van der Waals surface area contributed by atoms with Gasteiger partial charge in [0.2, 0.25) is 15.9 Å². The van der Waals surface area contributed by atoms with E-state index in [2.05, 4.69) is 0 Å². The molecule has 2 atom stereocenters. The van der Waals surface area contributed by atoms with Crippen LogP contribution in [0.5, 0.6) is 0 Å². The summed E-state index contributed by atoms with van der Waals surface area (Å²) in [6.07, 6.45) is 2.46. The van der Waals surface area contributed by atoms with Crippen LogP contribution >= 0.6 is 11.6 Å². The van der Waals surface area contributed by atoms with E-state index in [-0.39, 0.29) is 22.8 Å². The fourth-order valence-corrected chi connectivity index (χ4v) is 5.15. The third-order valence-electron chi connectivity index (χ3n) is 4.81. The van der Waals surface area contributed by atoms with E-state index in [1.54, 1.807) is 23.1 Å². The number of nitrogens with zero attached hydrogens (tertiary/aromatic N) is 2. The Labute approximate surface area is 147 Å². The van der Waals surface area contributed by atoms with Gasteiger partial charge in [-0.1, -0.05) is 17.7 Å². The van der Waals surface area contributed by atoms with Crippen molar-refractivity contribution in [1.82, 2.24) is 9.21 Å². The van der Waals surface area contributed by atoms with Gasteiger partial charge in [0.25, 0.3) is 0 Å². The molecule has 132 valence electrons. The van der Waals surface area contributed by atoms with Crippen LogP contribution in [0.4, 0.5) is 0 Å². The predicted molar refractivity (Wildman–Crippen MR) is 92.1 cm³/mol. The van der Waals surface area contributed by atoms with Crippen molar-refractivity contribution in [2.45, 2.75) is 30.2 Å². The molecule has 1 aromatic rings. The summed E-state index contributed by atoms with van der Waals surface area (Å²) in [5.74, 6) is 0.110. The van der Waals surface area contributed by atoms with E-state index in [1.807, 2.05) is 0 Å². The smallest absolute Gasteiger partial charge is 0.243 e. The molecule has 0 bridgehead atoms. The van der Waals surface area contributed by atoms with Crippen molar-refractivity contribution in [2.75, 3.05) is 26.2 Å². The van der Waals surface area contributed by atoms with Gasteiger partial charge in [0.05, 0.1) is 4.90 Å². The number of carbonyl (C=O) groups is 1. The molecule has 0 radical (unpaired) electrons. The molecule has 6 nitrogen and oxygen atoms in total. The summed E-state index contributed by atoms with van der Waals surface area (Å²) in [4.78, 5) is 14.5. The van der Waals surface area contributed by atoms with Crippen LogP contribution in [0.1, 0.15) is 19.3 Å². The summed E-state index contributed by atoms with van der Waals surface area (Å²) >= 11 is 5.89. The second-order valence-electron chi connectivity index (χ2n) is 6.46. The van der Waals surface area contributed by atoms with E-state index < -0.39 is 10.0 Å². The molecule has 2 unspecified atom stereocenters. The van der Waals surface area contributed by atoms with Gasteiger partial charge in [-0.3, -0.25) is 4.79 Å². The lowest BCUT2D eigenvalue weighted by Crippen LogP contribution is -2.51. The molecular weight excluding hydrogens is 350 g/mol. The van der Waals surface area contributed by atoms with Crippen molar-refractivity contribution in [1.29, 1.82) is 0 Å². The number of sulfonamides is 1. The lowest BCUT2D eigenvalue weighted by atomic mass is 10.1. The first-order valence-electron chi connectivity index (χ1n) is 8.18. The highest BCUT2D eigenvalue weighted by molar-refractivity contribution is 7.89. The van der Waals surface area contributed by atoms with Gasteiger partial charge in [0.15, 0.2) is 0 Å². The van der Waals surface area contributed by atoms with E-state index in [0.29, 0.717) is 31.2 Å². The molecule has 1 saturated heterocycles. The van der Waals surface area contributed by atoms with Crippen LogP contribution in [0.2, 0.25) is 5.02 Å². The second kappa shape index (κ2) is 7.00. The Balaban J connectivity index is 1.63. The van der Waals surface area contributed by atoms with Gasteiger partial charge in [-0.25, -0.2) is 8.42 Å². The largest absolute Gasteiger partial charge is 0.340 e. The molecular formula is C16H22ClN3O3S. The van der Waals surface area contributed by atoms with Gasteiger partial charge in [-0.2, -0.15) is 4.31 Å². The lowest BCUT2D eigenvalue weighted by Gasteiger charge is -2.35. The molecule has 1 aromatic carbocycles. The molecule has 1 aliphatic carbocycles.